The van der Waals surface area contributed by atoms with Crippen LogP contribution in [0.4, 0.5) is 0 Å². The van der Waals surface area contributed by atoms with Crippen molar-refractivity contribution in [2.45, 2.75) is 0 Å². The van der Waals surface area contributed by atoms with Gasteiger partial charge in [0.15, 0.2) is 0 Å². The Kier molecular flexibility index (Phi) is 5.06. The van der Waals surface area contributed by atoms with E-state index in [1.807, 2.05) is 0 Å². The minimum atomic E-state index is -3.31. The molecule has 6 nitrogen and oxygen atoms in total. The van der Waals surface area contributed by atoms with Crippen molar-refractivity contribution in [1.82, 2.24) is 14.6 Å². The Morgan fingerprint density at radius 2 is 2.17 bits per heavy atom. The number of halogens is 1. The van der Waals surface area contributed by atoms with Gasteiger partial charge in [0.2, 0.25) is 10.0 Å². The molecule has 0 fully saturated rings. The maximum absolute atomic E-state index is 11.6. The molecule has 1 heterocycles. The van der Waals surface area contributed by atoms with E-state index in [1.54, 1.807) is 6.07 Å². The van der Waals surface area contributed by atoms with Crippen LogP contribution in [0.25, 0.3) is 0 Å². The van der Waals surface area contributed by atoms with Gasteiger partial charge in [-0.15, -0.1) is 0 Å². The number of pyridine rings is 1. The van der Waals surface area contributed by atoms with Gasteiger partial charge in [-0.05, 0) is 12.1 Å². The number of nitrogens with one attached hydrogen (secondary N) is 1. The maximum Gasteiger partial charge on any atom is 0.269 e. The molecule has 1 aromatic rings. The summed E-state index contributed by atoms with van der Waals surface area (Å²) in [5, 5.41) is 2.87. The second-order valence-electron chi connectivity index (χ2n) is 3.71. The highest BCUT2D eigenvalue weighted by molar-refractivity contribution is 7.89. The van der Waals surface area contributed by atoms with Crippen molar-refractivity contribution in [3.8, 4) is 0 Å². The Morgan fingerprint density at radius 3 is 2.72 bits per heavy atom. The normalized spacial score (nSPS) is 11.6. The molecular formula is C10H14ClN3O3S. The van der Waals surface area contributed by atoms with E-state index in [0.29, 0.717) is 5.02 Å². The lowest BCUT2D eigenvalue weighted by Crippen LogP contribution is -2.34. The number of hydrogen-bond acceptors (Lipinski definition) is 4. The Labute approximate surface area is 111 Å². The van der Waals surface area contributed by atoms with E-state index < -0.39 is 15.9 Å². The Bertz CT molecular complexity index is 531. The van der Waals surface area contributed by atoms with Gasteiger partial charge in [-0.3, -0.25) is 9.78 Å². The first-order valence-corrected chi connectivity index (χ1v) is 7.11. The minimum absolute atomic E-state index is 0.0214. The Hall–Kier alpha value is -1.18. The van der Waals surface area contributed by atoms with E-state index >= 15 is 0 Å². The zero-order valence-electron chi connectivity index (χ0n) is 10.1. The fraction of sp³-hybridized carbons (Fsp3) is 0.400. The topological polar surface area (TPSA) is 79.4 Å². The van der Waals surface area contributed by atoms with Crippen molar-refractivity contribution in [2.75, 3.05) is 26.4 Å². The minimum Gasteiger partial charge on any atom is -0.350 e. The molecule has 0 saturated heterocycles. The van der Waals surface area contributed by atoms with Crippen LogP contribution < -0.4 is 5.32 Å². The highest BCUT2D eigenvalue weighted by Gasteiger charge is 2.14. The lowest BCUT2D eigenvalue weighted by atomic mass is 10.3. The molecule has 0 aliphatic rings. The van der Waals surface area contributed by atoms with Gasteiger partial charge in [-0.1, -0.05) is 11.6 Å². The molecule has 8 heteroatoms. The molecule has 0 atom stereocenters. The van der Waals surface area contributed by atoms with Crippen molar-refractivity contribution < 1.29 is 13.2 Å². The van der Waals surface area contributed by atoms with E-state index in [9.17, 15) is 13.2 Å². The molecule has 1 rings (SSSR count). The molecule has 0 unspecified atom stereocenters. The van der Waals surface area contributed by atoms with Gasteiger partial charge < -0.3 is 5.32 Å². The first-order chi connectivity index (χ1) is 8.33. The van der Waals surface area contributed by atoms with E-state index in [-0.39, 0.29) is 18.0 Å². The number of carbonyl (C=O) groups excluding carboxylic acids is 1. The molecule has 0 aliphatic heterocycles. The maximum atomic E-state index is 11.6. The smallest absolute Gasteiger partial charge is 0.269 e. The van der Waals surface area contributed by atoms with E-state index in [2.05, 4.69) is 10.3 Å². The first kappa shape index (κ1) is 14.9. The monoisotopic (exact) mass is 291 g/mol. The van der Waals surface area contributed by atoms with Gasteiger partial charge in [0.25, 0.3) is 5.91 Å². The van der Waals surface area contributed by atoms with E-state index in [1.165, 1.54) is 26.4 Å². The summed E-state index contributed by atoms with van der Waals surface area (Å²) >= 11 is 5.71. The van der Waals surface area contributed by atoms with E-state index in [4.69, 9.17) is 11.6 Å². The van der Waals surface area contributed by atoms with Crippen molar-refractivity contribution in [1.29, 1.82) is 0 Å². The molecule has 0 saturated carbocycles. The van der Waals surface area contributed by atoms with E-state index in [0.717, 1.165) is 4.31 Å². The van der Waals surface area contributed by atoms with Crippen LogP contribution in [0, 0.1) is 0 Å². The number of sulfonamides is 1. The van der Waals surface area contributed by atoms with Crippen molar-refractivity contribution in [3.05, 3.63) is 29.0 Å². The predicted molar refractivity (Wildman–Crippen MR) is 69.1 cm³/mol. The van der Waals surface area contributed by atoms with Gasteiger partial charge >= 0.3 is 0 Å². The summed E-state index contributed by atoms with van der Waals surface area (Å²) < 4.78 is 24.0. The number of amides is 1. The van der Waals surface area contributed by atoms with Gasteiger partial charge in [0, 0.05) is 31.9 Å². The zero-order chi connectivity index (χ0) is 13.8. The average molecular weight is 292 g/mol. The van der Waals surface area contributed by atoms with Crippen LogP contribution in [0.5, 0.6) is 0 Å². The van der Waals surface area contributed by atoms with Gasteiger partial charge in [0.1, 0.15) is 5.69 Å². The van der Waals surface area contributed by atoms with Gasteiger partial charge in [0.05, 0.1) is 5.75 Å². The van der Waals surface area contributed by atoms with Crippen LogP contribution >= 0.6 is 11.6 Å². The first-order valence-electron chi connectivity index (χ1n) is 5.13. The summed E-state index contributed by atoms with van der Waals surface area (Å²) in [6.07, 6.45) is 1.41. The molecule has 1 amide bonds. The van der Waals surface area contributed by atoms with Gasteiger partial charge in [-0.2, -0.15) is 0 Å². The largest absolute Gasteiger partial charge is 0.350 e. The quantitative estimate of drug-likeness (QED) is 0.849. The second kappa shape index (κ2) is 6.12. The predicted octanol–water partition coefficient (Wildman–Crippen LogP) is 0.356. The fourth-order valence-corrected chi connectivity index (χ4v) is 1.98. The molecule has 1 N–H and O–H groups in total. The fourth-order valence-electron chi connectivity index (χ4n) is 1.10. The molecule has 18 heavy (non-hydrogen) atoms. The molecule has 0 bridgehead atoms. The highest BCUT2D eigenvalue weighted by Crippen LogP contribution is 2.07. The molecule has 0 radical (unpaired) electrons. The van der Waals surface area contributed by atoms with Crippen LogP contribution in [0.2, 0.25) is 5.02 Å². The van der Waals surface area contributed by atoms with Crippen LogP contribution in [0.3, 0.4) is 0 Å². The standard InChI is InChI=1S/C10H14ClN3O3S/c1-14(2)18(16,17)6-5-13-10(15)9-7-8(11)3-4-12-9/h3-4,7H,5-6H2,1-2H3,(H,13,15). The third kappa shape index (κ3) is 4.25. The summed E-state index contributed by atoms with van der Waals surface area (Å²) in [4.78, 5) is 15.4. The average Bonchev–Trinajstić information content (AvgIpc) is 2.28. The van der Waals surface area contributed by atoms with Crippen LogP contribution in [0.1, 0.15) is 10.5 Å². The molecular weight excluding hydrogens is 278 g/mol. The third-order valence-electron chi connectivity index (χ3n) is 2.16. The summed E-state index contributed by atoms with van der Waals surface area (Å²) in [5.41, 5.74) is 0.157. The number of nitrogens with zero attached hydrogens (tertiary/aromatic N) is 2. The molecule has 0 spiro atoms. The molecule has 0 aromatic carbocycles. The number of aromatic nitrogens is 1. The third-order valence-corrected chi connectivity index (χ3v) is 4.22. The molecule has 100 valence electrons. The zero-order valence-corrected chi connectivity index (χ0v) is 11.6. The summed E-state index contributed by atoms with van der Waals surface area (Å²) in [7, 11) is -0.432. The number of carbonyl (C=O) groups is 1. The van der Waals surface area contributed by atoms with Crippen molar-refractivity contribution in [3.63, 3.8) is 0 Å². The van der Waals surface area contributed by atoms with Gasteiger partial charge in [-0.25, -0.2) is 12.7 Å². The van der Waals surface area contributed by atoms with Crippen LogP contribution in [-0.2, 0) is 10.0 Å². The second-order valence-corrected chi connectivity index (χ2v) is 6.45. The van der Waals surface area contributed by atoms with Crippen molar-refractivity contribution >= 4 is 27.5 Å². The lowest BCUT2D eigenvalue weighted by molar-refractivity contribution is 0.0951. The molecule has 0 aliphatic carbocycles. The SMILES string of the molecule is CN(C)S(=O)(=O)CCNC(=O)c1cc(Cl)ccn1. The Morgan fingerprint density at radius 1 is 1.50 bits per heavy atom. The lowest BCUT2D eigenvalue weighted by Gasteiger charge is -2.11. The Balaban J connectivity index is 2.53. The number of hydrogen-bond donors (Lipinski definition) is 1. The van der Waals surface area contributed by atoms with Crippen molar-refractivity contribution in [2.24, 2.45) is 0 Å². The number of rotatable bonds is 5. The van der Waals surface area contributed by atoms with Crippen LogP contribution in [-0.4, -0.2) is 50.0 Å². The summed E-state index contributed by atoms with van der Waals surface area (Å²) in [5.74, 6) is -0.613. The highest BCUT2D eigenvalue weighted by atomic mass is 35.5. The van der Waals surface area contributed by atoms with Crippen LogP contribution in [0.15, 0.2) is 18.3 Å². The molecule has 1 aromatic heterocycles. The summed E-state index contributed by atoms with van der Waals surface area (Å²) in [6.45, 7) is 0.0214. The summed E-state index contributed by atoms with van der Waals surface area (Å²) in [6, 6.07) is 2.96.